The average molecular weight is 471 g/mol. The first-order valence-electron chi connectivity index (χ1n) is 10.4. The van der Waals surface area contributed by atoms with Crippen LogP contribution in [0.4, 0.5) is 10.5 Å². The quantitative estimate of drug-likeness (QED) is 0.482. The molecule has 2 aromatic rings. The van der Waals surface area contributed by atoms with E-state index in [1.807, 2.05) is 0 Å². The number of hydrogen-bond donors (Lipinski definition) is 1. The minimum Gasteiger partial charge on any atom is -0.324 e. The van der Waals surface area contributed by atoms with E-state index < -0.39 is 40.3 Å². The molecule has 5 amide bonds. The van der Waals surface area contributed by atoms with Crippen molar-refractivity contribution in [2.24, 2.45) is 0 Å². The van der Waals surface area contributed by atoms with Crippen LogP contribution in [0.25, 0.3) is 0 Å². The summed E-state index contributed by atoms with van der Waals surface area (Å²) in [5, 5.41) is 2.49. The number of sulfonamides is 1. The van der Waals surface area contributed by atoms with E-state index in [4.69, 9.17) is 0 Å². The lowest BCUT2D eigenvalue weighted by atomic mass is 10.2. The topological polar surface area (TPSA) is 124 Å². The van der Waals surface area contributed by atoms with E-state index >= 15 is 0 Å². The summed E-state index contributed by atoms with van der Waals surface area (Å²) in [5.74, 6) is -2.83. The van der Waals surface area contributed by atoms with Gasteiger partial charge in [0.15, 0.2) is 0 Å². The van der Waals surface area contributed by atoms with Crippen LogP contribution in [-0.2, 0) is 31.0 Å². The molecule has 0 bridgehead atoms. The zero-order chi connectivity index (χ0) is 23.6. The molecule has 33 heavy (non-hydrogen) atoms. The molecule has 1 N–H and O–H groups in total. The fraction of sp³-hybridized carbons (Fsp3) is 0.273. The van der Waals surface area contributed by atoms with Crippen LogP contribution in [0.3, 0.4) is 0 Å². The Hall–Kier alpha value is -3.57. The van der Waals surface area contributed by atoms with E-state index in [0.717, 1.165) is 17.7 Å². The molecule has 0 spiro atoms. The number of nitrogens with zero attached hydrogens (tertiary/aromatic N) is 3. The van der Waals surface area contributed by atoms with E-state index in [9.17, 15) is 27.6 Å². The van der Waals surface area contributed by atoms with Gasteiger partial charge in [-0.2, -0.15) is 4.31 Å². The standard InChI is InChI=1S/C22H22N4O6S/c27-19(23-17-9-6-10-18(13-17)33(31,32)24-11-4-5-12-24)15-26-21(29)20(28)25(22(26)30)14-16-7-2-1-3-8-16/h1-3,6-10,13H,4-5,11-12,14-15H2,(H,23,27). The number of rotatable bonds is 7. The van der Waals surface area contributed by atoms with Gasteiger partial charge < -0.3 is 5.32 Å². The van der Waals surface area contributed by atoms with Gasteiger partial charge in [-0.25, -0.2) is 18.1 Å². The van der Waals surface area contributed by atoms with Crippen molar-refractivity contribution in [2.75, 3.05) is 25.0 Å². The van der Waals surface area contributed by atoms with E-state index in [0.29, 0.717) is 23.6 Å². The van der Waals surface area contributed by atoms with E-state index in [1.54, 1.807) is 30.3 Å². The minimum absolute atomic E-state index is 0.0414. The highest BCUT2D eigenvalue weighted by Crippen LogP contribution is 2.23. The largest absolute Gasteiger partial charge is 0.335 e. The van der Waals surface area contributed by atoms with Crippen LogP contribution in [0, 0.1) is 0 Å². The van der Waals surface area contributed by atoms with Crippen LogP contribution in [0.15, 0.2) is 59.5 Å². The number of amides is 5. The molecule has 0 radical (unpaired) electrons. The van der Waals surface area contributed by atoms with Crippen LogP contribution >= 0.6 is 0 Å². The predicted octanol–water partition coefficient (Wildman–Crippen LogP) is 1.40. The second-order valence-corrected chi connectivity index (χ2v) is 9.68. The van der Waals surface area contributed by atoms with E-state index in [-0.39, 0.29) is 17.1 Å². The van der Waals surface area contributed by atoms with Crippen LogP contribution in [0.5, 0.6) is 0 Å². The van der Waals surface area contributed by atoms with Gasteiger partial charge in [0, 0.05) is 18.8 Å². The Kier molecular flexibility index (Phi) is 6.25. The average Bonchev–Trinajstić information content (AvgIpc) is 3.42. The summed E-state index contributed by atoms with van der Waals surface area (Å²) < 4.78 is 26.9. The van der Waals surface area contributed by atoms with Gasteiger partial charge >= 0.3 is 17.8 Å². The summed E-state index contributed by atoms with van der Waals surface area (Å²) in [4.78, 5) is 51.0. The second kappa shape index (κ2) is 9.12. The van der Waals surface area contributed by atoms with Crippen molar-refractivity contribution in [1.82, 2.24) is 14.1 Å². The Balaban J connectivity index is 1.43. The first-order valence-corrected chi connectivity index (χ1v) is 11.8. The number of nitrogens with one attached hydrogen (secondary N) is 1. The van der Waals surface area contributed by atoms with Gasteiger partial charge in [-0.3, -0.25) is 19.3 Å². The van der Waals surface area contributed by atoms with E-state index in [1.165, 1.54) is 28.6 Å². The zero-order valence-corrected chi connectivity index (χ0v) is 18.5. The molecule has 10 nitrogen and oxygen atoms in total. The molecule has 11 heteroatoms. The monoisotopic (exact) mass is 470 g/mol. The highest BCUT2D eigenvalue weighted by Gasteiger charge is 2.45. The van der Waals surface area contributed by atoms with Crippen LogP contribution < -0.4 is 5.32 Å². The Morgan fingerprint density at radius 2 is 1.55 bits per heavy atom. The second-order valence-electron chi connectivity index (χ2n) is 7.74. The van der Waals surface area contributed by atoms with Crippen molar-refractivity contribution in [1.29, 1.82) is 0 Å². The normalized spacial score (nSPS) is 17.2. The molecule has 2 fully saturated rings. The summed E-state index contributed by atoms with van der Waals surface area (Å²) in [6.07, 6.45) is 1.60. The van der Waals surface area contributed by atoms with Gasteiger partial charge in [0.05, 0.1) is 11.4 Å². The third kappa shape index (κ3) is 4.64. The Morgan fingerprint density at radius 1 is 0.879 bits per heavy atom. The number of carbonyl (C=O) groups excluding carboxylic acids is 4. The number of benzene rings is 2. The molecule has 0 unspecified atom stereocenters. The van der Waals surface area contributed by atoms with Gasteiger partial charge in [-0.15, -0.1) is 0 Å². The van der Waals surface area contributed by atoms with Gasteiger partial charge in [0.1, 0.15) is 6.54 Å². The summed E-state index contributed by atoms with van der Waals surface area (Å²) in [5.41, 5.74) is 0.862. The molecule has 0 aliphatic carbocycles. The maximum atomic E-state index is 12.7. The first kappa shape index (κ1) is 22.6. The van der Waals surface area contributed by atoms with Crippen LogP contribution in [0.2, 0.25) is 0 Å². The van der Waals surface area contributed by atoms with Gasteiger partial charge in [0.2, 0.25) is 15.9 Å². The molecule has 4 rings (SSSR count). The Labute approximate surface area is 190 Å². The third-order valence-electron chi connectivity index (χ3n) is 5.44. The molecule has 2 aromatic carbocycles. The lowest BCUT2D eigenvalue weighted by molar-refractivity contribution is -0.143. The number of urea groups is 1. The van der Waals surface area contributed by atoms with Gasteiger partial charge in [-0.05, 0) is 36.6 Å². The van der Waals surface area contributed by atoms with Crippen molar-refractivity contribution < 1.29 is 27.6 Å². The molecule has 0 atom stereocenters. The van der Waals surface area contributed by atoms with Gasteiger partial charge in [-0.1, -0.05) is 36.4 Å². The van der Waals surface area contributed by atoms with Crippen molar-refractivity contribution in [3.63, 3.8) is 0 Å². The van der Waals surface area contributed by atoms with Gasteiger partial charge in [0.25, 0.3) is 0 Å². The molecule has 0 saturated carbocycles. The highest BCUT2D eigenvalue weighted by molar-refractivity contribution is 7.89. The fourth-order valence-electron chi connectivity index (χ4n) is 3.75. The lowest BCUT2D eigenvalue weighted by Gasteiger charge is -2.17. The number of hydrogen-bond acceptors (Lipinski definition) is 6. The summed E-state index contributed by atoms with van der Waals surface area (Å²) in [6.45, 7) is 0.147. The molecular formula is C22H22N4O6S. The highest BCUT2D eigenvalue weighted by atomic mass is 32.2. The molecular weight excluding hydrogens is 448 g/mol. The van der Waals surface area contributed by atoms with Crippen LogP contribution in [0.1, 0.15) is 18.4 Å². The number of imide groups is 2. The molecule has 2 heterocycles. The minimum atomic E-state index is -3.67. The summed E-state index contributed by atoms with van der Waals surface area (Å²) >= 11 is 0. The first-order chi connectivity index (χ1) is 15.8. The molecule has 2 aliphatic rings. The van der Waals surface area contributed by atoms with Crippen molar-refractivity contribution >= 4 is 39.5 Å². The predicted molar refractivity (Wildman–Crippen MR) is 117 cm³/mol. The van der Waals surface area contributed by atoms with E-state index in [2.05, 4.69) is 5.32 Å². The van der Waals surface area contributed by atoms with Crippen LogP contribution in [-0.4, -0.2) is 65.9 Å². The Bertz CT molecular complexity index is 1210. The molecule has 2 saturated heterocycles. The zero-order valence-electron chi connectivity index (χ0n) is 17.6. The fourth-order valence-corrected chi connectivity index (χ4v) is 5.31. The SMILES string of the molecule is O=C(CN1C(=O)C(=O)N(Cc2ccccc2)C1=O)Nc1cccc(S(=O)(=O)N2CCCC2)c1. The maximum absolute atomic E-state index is 12.7. The van der Waals surface area contributed by atoms with Crippen molar-refractivity contribution in [2.45, 2.75) is 24.3 Å². The number of anilines is 1. The maximum Gasteiger partial charge on any atom is 0.335 e. The third-order valence-corrected chi connectivity index (χ3v) is 7.34. The number of carbonyl (C=O) groups is 4. The summed E-state index contributed by atoms with van der Waals surface area (Å²) in [6, 6.07) is 13.6. The smallest absolute Gasteiger partial charge is 0.324 e. The Morgan fingerprint density at radius 3 is 2.24 bits per heavy atom. The molecule has 2 aliphatic heterocycles. The lowest BCUT2D eigenvalue weighted by Crippen LogP contribution is -2.38. The van der Waals surface area contributed by atoms with Crippen molar-refractivity contribution in [3.05, 3.63) is 60.2 Å². The van der Waals surface area contributed by atoms with Crippen molar-refractivity contribution in [3.8, 4) is 0 Å². The molecule has 172 valence electrons. The summed E-state index contributed by atoms with van der Waals surface area (Å²) in [7, 11) is -3.67. The molecule has 0 aromatic heterocycles.